The average molecular weight is 474 g/mol. The molecule has 4 rings (SSSR count). The van der Waals surface area contributed by atoms with Gasteiger partial charge in [0.25, 0.3) is 0 Å². The first-order chi connectivity index (χ1) is 15.7. The van der Waals surface area contributed by atoms with Crippen LogP contribution in [-0.4, -0.2) is 48.1 Å². The Hall–Kier alpha value is -3.23. The van der Waals surface area contributed by atoms with E-state index in [1.807, 2.05) is 0 Å². The first-order valence-electron chi connectivity index (χ1n) is 10.4. The molecule has 1 heterocycles. The van der Waals surface area contributed by atoms with E-state index in [4.69, 9.17) is 25.8 Å². The molecule has 1 aliphatic heterocycles. The Balaban J connectivity index is 1.58. The summed E-state index contributed by atoms with van der Waals surface area (Å²) in [5.41, 5.74) is -0.421. The van der Waals surface area contributed by atoms with Gasteiger partial charge in [-0.25, -0.2) is 0 Å². The van der Waals surface area contributed by atoms with Gasteiger partial charge < -0.3 is 29.7 Å². The largest absolute Gasteiger partial charge is 0.508 e. The predicted molar refractivity (Wildman–Crippen MR) is 120 cm³/mol. The van der Waals surface area contributed by atoms with Crippen LogP contribution in [0.3, 0.4) is 0 Å². The maximum atomic E-state index is 13.5. The molecule has 1 aliphatic carbocycles. The van der Waals surface area contributed by atoms with Crippen LogP contribution in [0, 0.1) is 5.92 Å². The van der Waals surface area contributed by atoms with E-state index in [1.54, 1.807) is 19.1 Å². The minimum absolute atomic E-state index is 0.0747. The van der Waals surface area contributed by atoms with Crippen molar-refractivity contribution in [1.29, 1.82) is 0 Å². The van der Waals surface area contributed by atoms with E-state index < -0.39 is 29.2 Å². The summed E-state index contributed by atoms with van der Waals surface area (Å²) in [6.07, 6.45) is 0.826. The van der Waals surface area contributed by atoms with Gasteiger partial charge in [0.15, 0.2) is 5.75 Å². The van der Waals surface area contributed by atoms with E-state index >= 15 is 0 Å². The van der Waals surface area contributed by atoms with Gasteiger partial charge in [-0.3, -0.25) is 9.59 Å². The Labute approximate surface area is 195 Å². The van der Waals surface area contributed by atoms with Crippen molar-refractivity contribution in [3.8, 4) is 23.0 Å². The number of ether oxygens (including phenoxy) is 3. The van der Waals surface area contributed by atoms with Crippen LogP contribution in [0.5, 0.6) is 23.0 Å². The molecule has 3 N–H and O–H groups in total. The number of aliphatic hydroxyl groups is 1. The van der Waals surface area contributed by atoms with Gasteiger partial charge in [0, 0.05) is 30.3 Å². The molecule has 0 amide bonds. The highest BCUT2D eigenvalue weighted by atomic mass is 35.5. The number of phenolic OH excluding ortho intramolecular Hbond substituents is 1. The van der Waals surface area contributed by atoms with Crippen molar-refractivity contribution in [2.45, 2.75) is 25.0 Å². The molecular formula is C24H24ClNO7. The number of halogens is 1. The second kappa shape index (κ2) is 8.61. The van der Waals surface area contributed by atoms with Gasteiger partial charge in [-0.05, 0) is 24.1 Å². The number of nitrogens with one attached hydrogen (secondary N) is 1. The second-order valence-electron chi connectivity index (χ2n) is 8.09. The number of Topliss-reactive ketones (excluding diaryl/α,β-unsaturated/α-hetero) is 1. The number of carbonyl (C=O) groups is 2. The van der Waals surface area contributed by atoms with Crippen LogP contribution in [0.15, 0.2) is 42.1 Å². The second-order valence-corrected chi connectivity index (χ2v) is 8.47. The molecule has 33 heavy (non-hydrogen) atoms. The van der Waals surface area contributed by atoms with Crippen molar-refractivity contribution < 1.29 is 34.0 Å². The average Bonchev–Trinajstić information content (AvgIpc) is 3.12. The number of hydrogen-bond donors (Lipinski definition) is 3. The number of benzene rings is 2. The normalized spacial score (nSPS) is 22.5. The first-order valence-corrected chi connectivity index (χ1v) is 10.7. The minimum Gasteiger partial charge on any atom is -0.508 e. The summed E-state index contributed by atoms with van der Waals surface area (Å²) in [5.74, 6) is -0.861. The molecule has 0 saturated heterocycles. The molecule has 1 spiro atoms. The first kappa shape index (κ1) is 22.9. The van der Waals surface area contributed by atoms with Crippen molar-refractivity contribution in [3.63, 3.8) is 0 Å². The quantitative estimate of drug-likeness (QED) is 0.548. The number of ketones is 2. The number of hydrogen-bond acceptors (Lipinski definition) is 8. The van der Waals surface area contributed by atoms with Crippen molar-refractivity contribution in [1.82, 2.24) is 5.32 Å². The SMILES string of the molecule is COc1cc(OC)c2c(c1Cl)O[C@@]1(C(=O)C=C(NC[C@H](O)c3ccc(O)cc3)C[C@H]1C)C2=O. The van der Waals surface area contributed by atoms with Crippen molar-refractivity contribution in [2.75, 3.05) is 20.8 Å². The van der Waals surface area contributed by atoms with Crippen LogP contribution < -0.4 is 19.5 Å². The zero-order chi connectivity index (χ0) is 23.9. The van der Waals surface area contributed by atoms with Gasteiger partial charge in [0.2, 0.25) is 17.2 Å². The van der Waals surface area contributed by atoms with Crippen molar-refractivity contribution in [3.05, 3.63) is 58.3 Å². The van der Waals surface area contributed by atoms with Gasteiger partial charge >= 0.3 is 0 Å². The number of aromatic hydroxyl groups is 1. The molecule has 0 fully saturated rings. The topological polar surface area (TPSA) is 114 Å². The van der Waals surface area contributed by atoms with Crippen LogP contribution in [0.1, 0.15) is 35.4 Å². The molecule has 3 atom stereocenters. The zero-order valence-corrected chi connectivity index (χ0v) is 19.1. The molecule has 174 valence electrons. The molecule has 0 bridgehead atoms. The third kappa shape index (κ3) is 3.69. The Morgan fingerprint density at radius 3 is 2.48 bits per heavy atom. The van der Waals surface area contributed by atoms with E-state index in [1.165, 1.54) is 38.5 Å². The Morgan fingerprint density at radius 2 is 1.88 bits per heavy atom. The smallest absolute Gasteiger partial charge is 0.236 e. The highest BCUT2D eigenvalue weighted by molar-refractivity contribution is 6.36. The number of phenols is 1. The van der Waals surface area contributed by atoms with E-state index in [-0.39, 0.29) is 40.1 Å². The Kier molecular flexibility index (Phi) is 5.99. The lowest BCUT2D eigenvalue weighted by Crippen LogP contribution is -2.55. The summed E-state index contributed by atoms with van der Waals surface area (Å²) in [4.78, 5) is 26.7. The van der Waals surface area contributed by atoms with Gasteiger partial charge in [0.1, 0.15) is 27.8 Å². The fourth-order valence-electron chi connectivity index (χ4n) is 4.29. The lowest BCUT2D eigenvalue weighted by molar-refractivity contribution is -0.129. The van der Waals surface area contributed by atoms with Crippen LogP contribution >= 0.6 is 11.6 Å². The summed E-state index contributed by atoms with van der Waals surface area (Å²) < 4.78 is 16.6. The number of rotatable bonds is 6. The van der Waals surface area contributed by atoms with E-state index in [0.717, 1.165) is 0 Å². The highest BCUT2D eigenvalue weighted by Crippen LogP contribution is 2.52. The fraction of sp³-hybridized carbons (Fsp3) is 0.333. The lowest BCUT2D eigenvalue weighted by Gasteiger charge is -2.35. The number of aliphatic hydroxyl groups excluding tert-OH is 1. The zero-order valence-electron chi connectivity index (χ0n) is 18.3. The summed E-state index contributed by atoms with van der Waals surface area (Å²) in [6, 6.07) is 7.71. The van der Waals surface area contributed by atoms with Crippen LogP contribution in [-0.2, 0) is 4.79 Å². The molecule has 2 aliphatic rings. The summed E-state index contributed by atoms with van der Waals surface area (Å²) in [7, 11) is 2.84. The standard InChI is InChI=1S/C24H24ClNO7/c1-12-8-14(26-11-16(28)13-4-6-15(27)7-5-13)9-19(29)24(12)23(30)20-17(31-2)10-18(32-3)21(25)22(20)33-24/h4-7,9-10,12,16,26-28H,8,11H2,1-3H3/t12-,16+,24+/m1/s1. The third-order valence-electron chi connectivity index (χ3n) is 6.11. The summed E-state index contributed by atoms with van der Waals surface area (Å²) >= 11 is 6.39. The van der Waals surface area contributed by atoms with Gasteiger partial charge in [0.05, 0.1) is 20.3 Å². The summed E-state index contributed by atoms with van der Waals surface area (Å²) in [6.45, 7) is 1.90. The highest BCUT2D eigenvalue weighted by Gasteiger charge is 2.60. The minimum atomic E-state index is -1.74. The number of allylic oxidation sites excluding steroid dienone is 1. The van der Waals surface area contributed by atoms with Crippen molar-refractivity contribution >= 4 is 23.2 Å². The predicted octanol–water partition coefficient (Wildman–Crippen LogP) is 3.19. The summed E-state index contributed by atoms with van der Waals surface area (Å²) in [5, 5.41) is 23.0. The monoisotopic (exact) mass is 473 g/mol. The number of methoxy groups -OCH3 is 2. The lowest BCUT2D eigenvalue weighted by atomic mass is 9.74. The molecule has 0 radical (unpaired) electrons. The molecule has 2 aromatic carbocycles. The van der Waals surface area contributed by atoms with Crippen LogP contribution in [0.25, 0.3) is 0 Å². The van der Waals surface area contributed by atoms with E-state index in [2.05, 4.69) is 5.32 Å². The third-order valence-corrected chi connectivity index (χ3v) is 6.47. The van der Waals surface area contributed by atoms with Crippen LogP contribution in [0.2, 0.25) is 5.02 Å². The fourth-order valence-corrected chi connectivity index (χ4v) is 4.56. The molecule has 0 unspecified atom stereocenters. The Bertz CT molecular complexity index is 1140. The van der Waals surface area contributed by atoms with E-state index in [9.17, 15) is 19.8 Å². The number of carbonyl (C=O) groups excluding carboxylic acids is 2. The maximum absolute atomic E-state index is 13.5. The number of fused-ring (bicyclic) bond motifs is 1. The molecular weight excluding hydrogens is 450 g/mol. The molecule has 8 nitrogen and oxygen atoms in total. The maximum Gasteiger partial charge on any atom is 0.236 e. The van der Waals surface area contributed by atoms with Crippen molar-refractivity contribution in [2.24, 2.45) is 5.92 Å². The molecule has 2 aromatic rings. The van der Waals surface area contributed by atoms with Gasteiger partial charge in [-0.2, -0.15) is 0 Å². The van der Waals surface area contributed by atoms with Gasteiger partial charge in [-0.1, -0.05) is 30.7 Å². The van der Waals surface area contributed by atoms with Gasteiger partial charge in [-0.15, -0.1) is 0 Å². The van der Waals surface area contributed by atoms with E-state index in [0.29, 0.717) is 17.7 Å². The van der Waals surface area contributed by atoms with Crippen LogP contribution in [0.4, 0.5) is 0 Å². The molecule has 9 heteroatoms. The molecule has 0 aromatic heterocycles. The molecule has 0 saturated carbocycles. The Morgan fingerprint density at radius 1 is 1.21 bits per heavy atom.